The zero-order chi connectivity index (χ0) is 14.9. The number of nitrogens with two attached hydrogens (primary N) is 1. The van der Waals surface area contributed by atoms with E-state index in [1.807, 2.05) is 0 Å². The van der Waals surface area contributed by atoms with Gasteiger partial charge in [0.15, 0.2) is 0 Å². The van der Waals surface area contributed by atoms with Gasteiger partial charge in [-0.2, -0.15) is 0 Å². The normalized spacial score (nSPS) is 22.5. The number of carbonyl (C=O) groups is 1. The second-order valence-electron chi connectivity index (χ2n) is 6.00. The number of hydrogen-bond donors (Lipinski definition) is 2. The maximum atomic E-state index is 13.2. The Bertz CT molecular complexity index is 547. The van der Waals surface area contributed by atoms with E-state index in [0.29, 0.717) is 32.6 Å². The summed E-state index contributed by atoms with van der Waals surface area (Å²) in [7, 11) is 0. The minimum Gasteiger partial charge on any atom is -0.381 e. The lowest BCUT2D eigenvalue weighted by atomic mass is 9.79. The SMILES string of the molecule is Cl.NCC1(C(=O)NC2CCc3cc(F)ccc32)CCOCC1. The van der Waals surface area contributed by atoms with Crippen molar-refractivity contribution < 1.29 is 13.9 Å². The van der Waals surface area contributed by atoms with Crippen LogP contribution in [0.3, 0.4) is 0 Å². The van der Waals surface area contributed by atoms with Crippen molar-refractivity contribution in [1.82, 2.24) is 5.32 Å². The second-order valence-corrected chi connectivity index (χ2v) is 6.00. The zero-order valence-corrected chi connectivity index (χ0v) is 13.3. The van der Waals surface area contributed by atoms with Crippen molar-refractivity contribution in [2.75, 3.05) is 19.8 Å². The van der Waals surface area contributed by atoms with Crippen molar-refractivity contribution in [3.8, 4) is 0 Å². The Hall–Kier alpha value is -1.17. The van der Waals surface area contributed by atoms with Gasteiger partial charge in [0.25, 0.3) is 0 Å². The minimum absolute atomic E-state index is 0. The van der Waals surface area contributed by atoms with Crippen LogP contribution in [0.4, 0.5) is 4.39 Å². The van der Waals surface area contributed by atoms with Crippen LogP contribution in [0, 0.1) is 11.2 Å². The molecule has 0 bridgehead atoms. The maximum Gasteiger partial charge on any atom is 0.228 e. The fourth-order valence-electron chi connectivity index (χ4n) is 3.33. The van der Waals surface area contributed by atoms with Crippen molar-refractivity contribution in [3.05, 3.63) is 35.1 Å². The Kier molecular flexibility index (Phi) is 5.42. The van der Waals surface area contributed by atoms with Crippen LogP contribution in [0.25, 0.3) is 0 Å². The van der Waals surface area contributed by atoms with E-state index in [2.05, 4.69) is 5.32 Å². The Labute approximate surface area is 136 Å². The van der Waals surface area contributed by atoms with Crippen LogP contribution >= 0.6 is 12.4 Å². The third kappa shape index (κ3) is 3.12. The Morgan fingerprint density at radius 1 is 1.41 bits per heavy atom. The molecule has 0 spiro atoms. The quantitative estimate of drug-likeness (QED) is 0.893. The summed E-state index contributed by atoms with van der Waals surface area (Å²) < 4.78 is 18.6. The van der Waals surface area contributed by atoms with Crippen LogP contribution in [-0.4, -0.2) is 25.7 Å². The highest BCUT2D eigenvalue weighted by Crippen LogP contribution is 2.35. The molecule has 1 unspecified atom stereocenters. The van der Waals surface area contributed by atoms with Crippen molar-refractivity contribution >= 4 is 18.3 Å². The number of carbonyl (C=O) groups excluding carboxylic acids is 1. The molecule has 3 rings (SSSR count). The molecule has 1 aromatic carbocycles. The highest BCUT2D eigenvalue weighted by atomic mass is 35.5. The number of ether oxygens (including phenoxy) is 1. The number of rotatable bonds is 3. The van der Waals surface area contributed by atoms with E-state index in [9.17, 15) is 9.18 Å². The van der Waals surface area contributed by atoms with Crippen LogP contribution in [-0.2, 0) is 16.0 Å². The molecule has 1 aliphatic carbocycles. The Morgan fingerprint density at radius 3 is 2.82 bits per heavy atom. The fraction of sp³-hybridized carbons (Fsp3) is 0.562. The Morgan fingerprint density at radius 2 is 2.14 bits per heavy atom. The van der Waals surface area contributed by atoms with Gasteiger partial charge in [-0.3, -0.25) is 4.79 Å². The van der Waals surface area contributed by atoms with Gasteiger partial charge < -0.3 is 15.8 Å². The van der Waals surface area contributed by atoms with Crippen LogP contribution in [0.5, 0.6) is 0 Å². The number of fused-ring (bicyclic) bond motifs is 1. The fourth-order valence-corrected chi connectivity index (χ4v) is 3.33. The molecule has 1 aromatic rings. The second kappa shape index (κ2) is 6.94. The number of amides is 1. The van der Waals surface area contributed by atoms with Gasteiger partial charge in [-0.25, -0.2) is 4.39 Å². The molecule has 0 aromatic heterocycles. The van der Waals surface area contributed by atoms with E-state index in [1.54, 1.807) is 12.1 Å². The van der Waals surface area contributed by atoms with Gasteiger partial charge in [-0.15, -0.1) is 12.4 Å². The smallest absolute Gasteiger partial charge is 0.228 e. The van der Waals surface area contributed by atoms with Gasteiger partial charge in [0, 0.05) is 19.8 Å². The molecule has 1 atom stereocenters. The van der Waals surface area contributed by atoms with Gasteiger partial charge in [-0.1, -0.05) is 6.07 Å². The van der Waals surface area contributed by atoms with Crippen LogP contribution in [0.2, 0.25) is 0 Å². The highest BCUT2D eigenvalue weighted by molar-refractivity contribution is 5.85. The van der Waals surface area contributed by atoms with Gasteiger partial charge in [0.1, 0.15) is 5.82 Å². The van der Waals surface area contributed by atoms with Crippen molar-refractivity contribution in [2.24, 2.45) is 11.1 Å². The van der Waals surface area contributed by atoms with Crippen molar-refractivity contribution in [2.45, 2.75) is 31.7 Å². The number of benzene rings is 1. The molecule has 1 amide bonds. The highest BCUT2D eigenvalue weighted by Gasteiger charge is 2.40. The molecule has 4 nitrogen and oxygen atoms in total. The summed E-state index contributed by atoms with van der Waals surface area (Å²) in [5, 5.41) is 3.12. The summed E-state index contributed by atoms with van der Waals surface area (Å²) in [6, 6.07) is 4.77. The first-order valence-electron chi connectivity index (χ1n) is 7.52. The molecule has 0 radical (unpaired) electrons. The van der Waals surface area contributed by atoms with E-state index >= 15 is 0 Å². The first-order valence-corrected chi connectivity index (χ1v) is 7.52. The first kappa shape index (κ1) is 17.2. The molecular formula is C16H22ClFN2O2. The zero-order valence-electron chi connectivity index (χ0n) is 12.4. The molecule has 1 heterocycles. The standard InChI is InChI=1S/C16H21FN2O2.ClH/c17-12-2-3-13-11(9-12)1-4-14(13)19-15(20)16(10-18)5-7-21-8-6-16;/h2-3,9,14H,1,4-8,10,18H2,(H,19,20);1H. The summed E-state index contributed by atoms with van der Waals surface area (Å²) >= 11 is 0. The lowest BCUT2D eigenvalue weighted by Crippen LogP contribution is -2.49. The van der Waals surface area contributed by atoms with Gasteiger partial charge in [0.05, 0.1) is 11.5 Å². The van der Waals surface area contributed by atoms with Crippen LogP contribution in [0.15, 0.2) is 18.2 Å². The molecule has 3 N–H and O–H groups in total. The number of halogens is 2. The summed E-state index contributed by atoms with van der Waals surface area (Å²) in [6.45, 7) is 1.50. The molecule has 2 aliphatic rings. The van der Waals surface area contributed by atoms with Crippen LogP contribution in [0.1, 0.15) is 36.4 Å². The third-order valence-electron chi connectivity index (χ3n) is 4.81. The molecule has 1 saturated heterocycles. The lowest BCUT2D eigenvalue weighted by Gasteiger charge is -2.35. The number of nitrogens with one attached hydrogen (secondary N) is 1. The first-order chi connectivity index (χ1) is 10.1. The summed E-state index contributed by atoms with van der Waals surface area (Å²) in [6.07, 6.45) is 2.95. The monoisotopic (exact) mass is 328 g/mol. The molecule has 1 fully saturated rings. The molecular weight excluding hydrogens is 307 g/mol. The lowest BCUT2D eigenvalue weighted by molar-refractivity contribution is -0.136. The van der Waals surface area contributed by atoms with Crippen molar-refractivity contribution in [3.63, 3.8) is 0 Å². The van der Waals surface area contributed by atoms with Crippen LogP contribution < -0.4 is 11.1 Å². The van der Waals surface area contributed by atoms with Gasteiger partial charge in [-0.05, 0) is 48.9 Å². The largest absolute Gasteiger partial charge is 0.381 e. The van der Waals surface area contributed by atoms with Crippen molar-refractivity contribution in [1.29, 1.82) is 0 Å². The third-order valence-corrected chi connectivity index (χ3v) is 4.81. The average Bonchev–Trinajstić information content (AvgIpc) is 2.90. The van der Waals surface area contributed by atoms with E-state index in [1.165, 1.54) is 6.07 Å². The van der Waals surface area contributed by atoms with E-state index in [0.717, 1.165) is 24.0 Å². The van der Waals surface area contributed by atoms with E-state index in [-0.39, 0.29) is 30.2 Å². The minimum atomic E-state index is -0.513. The van der Waals surface area contributed by atoms with E-state index in [4.69, 9.17) is 10.5 Å². The Balaban J connectivity index is 0.00000176. The van der Waals surface area contributed by atoms with E-state index < -0.39 is 5.41 Å². The number of hydrogen-bond acceptors (Lipinski definition) is 3. The molecule has 1 aliphatic heterocycles. The average molecular weight is 329 g/mol. The summed E-state index contributed by atoms with van der Waals surface area (Å²) in [5.41, 5.74) is 7.38. The number of aryl methyl sites for hydroxylation is 1. The van der Waals surface area contributed by atoms with Gasteiger partial charge in [0.2, 0.25) is 5.91 Å². The summed E-state index contributed by atoms with van der Waals surface area (Å²) in [4.78, 5) is 12.7. The van der Waals surface area contributed by atoms with Gasteiger partial charge >= 0.3 is 0 Å². The molecule has 122 valence electrons. The summed E-state index contributed by atoms with van der Waals surface area (Å²) in [5.74, 6) is -0.209. The molecule has 6 heteroatoms. The maximum absolute atomic E-state index is 13.2. The molecule has 0 saturated carbocycles. The topological polar surface area (TPSA) is 64.4 Å². The molecule has 22 heavy (non-hydrogen) atoms. The predicted molar refractivity (Wildman–Crippen MR) is 84.4 cm³/mol. The predicted octanol–water partition coefficient (Wildman–Crippen LogP) is 2.11.